The number of allylic oxidation sites excluding steroid dienone is 1. The van der Waals surface area contributed by atoms with Crippen LogP contribution in [0.25, 0.3) is 0 Å². The zero-order chi connectivity index (χ0) is 16.2. The molecule has 0 radical (unpaired) electrons. The van der Waals surface area contributed by atoms with Crippen molar-refractivity contribution in [2.24, 2.45) is 0 Å². The van der Waals surface area contributed by atoms with E-state index in [4.69, 9.17) is 14.2 Å². The van der Waals surface area contributed by atoms with Gasteiger partial charge in [-0.15, -0.1) is 0 Å². The van der Waals surface area contributed by atoms with Crippen molar-refractivity contribution in [2.75, 3.05) is 85.1 Å². The number of morpholine rings is 3. The second-order valence-corrected chi connectivity index (χ2v) is 14.7. The predicted molar refractivity (Wildman–Crippen MR) is 98.1 cm³/mol. The molecule has 0 N–H and O–H groups in total. The molecule has 23 heavy (non-hydrogen) atoms. The zero-order valence-electron chi connectivity index (χ0n) is 13.9. The van der Waals surface area contributed by atoms with Crippen molar-refractivity contribution in [1.29, 1.82) is 0 Å². The molecule has 6 nitrogen and oxygen atoms in total. The molecule has 134 valence electrons. The van der Waals surface area contributed by atoms with E-state index in [2.05, 4.69) is 42.2 Å². The molecule has 0 saturated carbocycles. The van der Waals surface area contributed by atoms with Gasteiger partial charge in [-0.1, -0.05) is 0 Å². The van der Waals surface area contributed by atoms with Crippen LogP contribution in [0.2, 0.25) is 0 Å². The fraction of sp³-hybridized carbons (Fsp3) is 0.867. The first kappa shape index (κ1) is 18.2. The maximum atomic E-state index is 5.64. The van der Waals surface area contributed by atoms with Crippen LogP contribution in [0.1, 0.15) is 0 Å². The van der Waals surface area contributed by atoms with Crippen molar-refractivity contribution in [3.05, 3.63) is 12.7 Å². The molecule has 3 heterocycles. The van der Waals surface area contributed by atoms with E-state index in [1.165, 1.54) is 0 Å². The summed E-state index contributed by atoms with van der Waals surface area (Å²) in [6.07, 6.45) is 3.04. The molecular weight excluding hydrogens is 381 g/mol. The van der Waals surface area contributed by atoms with Crippen molar-refractivity contribution < 1.29 is 14.2 Å². The summed E-state index contributed by atoms with van der Waals surface area (Å²) in [6.45, 7) is 14.7. The van der Waals surface area contributed by atoms with E-state index in [-0.39, 0.29) is 0 Å². The Bertz CT molecular complexity index is 362. The third-order valence-corrected chi connectivity index (χ3v) is 15.4. The number of rotatable bonds is 5. The average Bonchev–Trinajstić information content (AvgIpc) is 2.64. The number of hydrogen-bond donors (Lipinski definition) is 0. The third-order valence-electron chi connectivity index (χ3n) is 5.09. The van der Waals surface area contributed by atoms with E-state index in [9.17, 15) is 0 Å². The van der Waals surface area contributed by atoms with Crippen LogP contribution in [0.3, 0.4) is 0 Å². The second-order valence-electron chi connectivity index (χ2n) is 6.21. The maximum absolute atomic E-state index is 5.64. The fourth-order valence-corrected chi connectivity index (χ4v) is 12.5. The van der Waals surface area contributed by atoms with Gasteiger partial charge in [0.2, 0.25) is 0 Å². The van der Waals surface area contributed by atoms with Crippen molar-refractivity contribution >= 4 is 21.2 Å². The topological polar surface area (TPSA) is 37.4 Å². The van der Waals surface area contributed by atoms with Crippen LogP contribution in [0, 0.1) is 0 Å². The van der Waals surface area contributed by atoms with Crippen LogP contribution in [0.5, 0.6) is 0 Å². The minimum atomic E-state index is -2.64. The van der Waals surface area contributed by atoms with Gasteiger partial charge in [-0.05, 0) is 0 Å². The Morgan fingerprint density at radius 1 is 0.739 bits per heavy atom. The first-order valence-electron chi connectivity index (χ1n) is 8.53. The summed E-state index contributed by atoms with van der Waals surface area (Å²) in [5.41, 5.74) is 0. The molecule has 0 unspecified atom stereocenters. The quantitative estimate of drug-likeness (QED) is 0.508. The molecule has 0 bridgehead atoms. The van der Waals surface area contributed by atoms with Gasteiger partial charge in [-0.3, -0.25) is 0 Å². The van der Waals surface area contributed by atoms with E-state index >= 15 is 0 Å². The van der Waals surface area contributed by atoms with Crippen LogP contribution >= 0.6 is 21.2 Å². The van der Waals surface area contributed by atoms with Gasteiger partial charge in [0.05, 0.1) is 0 Å². The van der Waals surface area contributed by atoms with Crippen LogP contribution in [0.4, 0.5) is 0 Å². The summed E-state index contributed by atoms with van der Waals surface area (Å²) < 4.78 is 24.9. The van der Waals surface area contributed by atoms with Crippen molar-refractivity contribution in [1.82, 2.24) is 14.0 Å². The van der Waals surface area contributed by atoms with Crippen LogP contribution < -0.4 is 0 Å². The summed E-state index contributed by atoms with van der Waals surface area (Å²) >= 11 is 4.41. The van der Waals surface area contributed by atoms with E-state index in [0.29, 0.717) is 0 Å². The molecule has 3 aliphatic rings. The van der Waals surface area contributed by atoms with Gasteiger partial charge in [0, 0.05) is 0 Å². The molecule has 0 aromatic heterocycles. The van der Waals surface area contributed by atoms with Gasteiger partial charge in [0.25, 0.3) is 0 Å². The SMILES string of the molecule is C=CCP(Br)(N1CCOCC1)(N1CCOCC1)N1CCOCC1. The molecule has 3 saturated heterocycles. The van der Waals surface area contributed by atoms with E-state index in [1.807, 2.05) is 0 Å². The average molecular weight is 410 g/mol. The molecule has 0 atom stereocenters. The Labute approximate surface area is 147 Å². The van der Waals surface area contributed by atoms with Gasteiger partial charge in [0.15, 0.2) is 0 Å². The second kappa shape index (κ2) is 7.75. The Balaban J connectivity index is 2.00. The standard InChI is InChI=1S/C15H29BrN3O3P/c1-2-15-23(16,17-3-9-20-10-4-17,18-5-11-21-12-6-18)19-7-13-22-14-8-19/h2H,1,3-15H2. The van der Waals surface area contributed by atoms with Gasteiger partial charge in [-0.2, -0.15) is 0 Å². The van der Waals surface area contributed by atoms with Gasteiger partial charge in [-0.25, -0.2) is 0 Å². The number of hydrogen-bond acceptors (Lipinski definition) is 6. The number of ether oxygens (including phenoxy) is 3. The minimum absolute atomic E-state index is 0.801. The molecule has 8 heteroatoms. The van der Waals surface area contributed by atoms with Crippen LogP contribution in [0.15, 0.2) is 12.7 Å². The Hall–Kier alpha value is 0.410. The van der Waals surface area contributed by atoms with Crippen LogP contribution in [-0.2, 0) is 14.2 Å². The first-order valence-corrected chi connectivity index (χ1v) is 12.8. The van der Waals surface area contributed by atoms with Crippen molar-refractivity contribution in [3.8, 4) is 0 Å². The number of nitrogens with zero attached hydrogens (tertiary/aromatic N) is 3. The van der Waals surface area contributed by atoms with Gasteiger partial charge < -0.3 is 0 Å². The molecular formula is C15H29BrN3O3P. The van der Waals surface area contributed by atoms with Gasteiger partial charge >= 0.3 is 147 Å². The first-order chi connectivity index (χ1) is 11.2. The molecule has 0 amide bonds. The molecule has 0 aromatic rings. The zero-order valence-corrected chi connectivity index (χ0v) is 16.3. The van der Waals surface area contributed by atoms with Crippen LogP contribution in [-0.4, -0.2) is 99.1 Å². The summed E-state index contributed by atoms with van der Waals surface area (Å²) in [5.74, 6) is -2.64. The van der Waals surface area contributed by atoms with E-state index < -0.39 is 5.76 Å². The predicted octanol–water partition coefficient (Wildman–Crippen LogP) is 1.78. The Morgan fingerprint density at radius 3 is 1.30 bits per heavy atom. The number of halogens is 1. The van der Waals surface area contributed by atoms with E-state index in [0.717, 1.165) is 85.1 Å². The van der Waals surface area contributed by atoms with E-state index in [1.54, 1.807) is 0 Å². The van der Waals surface area contributed by atoms with Crippen molar-refractivity contribution in [2.45, 2.75) is 0 Å². The molecule has 3 rings (SSSR count). The summed E-state index contributed by atoms with van der Waals surface area (Å²) in [7, 11) is 0. The van der Waals surface area contributed by atoms with Crippen molar-refractivity contribution in [3.63, 3.8) is 0 Å². The monoisotopic (exact) mass is 409 g/mol. The fourth-order valence-electron chi connectivity index (χ4n) is 3.95. The Morgan fingerprint density at radius 2 is 1.04 bits per heavy atom. The molecule has 0 spiro atoms. The van der Waals surface area contributed by atoms with Gasteiger partial charge in [0.1, 0.15) is 0 Å². The summed E-state index contributed by atoms with van der Waals surface area (Å²) in [4.78, 5) is 0. The molecule has 0 aromatic carbocycles. The molecule has 3 fully saturated rings. The summed E-state index contributed by atoms with van der Waals surface area (Å²) in [5, 5.41) is 0. The summed E-state index contributed by atoms with van der Waals surface area (Å²) in [6, 6.07) is 0. The molecule has 0 aliphatic carbocycles. The molecule has 3 aliphatic heterocycles. The Kier molecular flexibility index (Phi) is 6.13. The normalized spacial score (nSPS) is 28.1. The third kappa shape index (κ3) is 3.27.